The fourth-order valence-electron chi connectivity index (χ4n) is 1.00. The lowest BCUT2D eigenvalue weighted by Crippen LogP contribution is -1.94. The first kappa shape index (κ1) is 9.11. The standard InChI is InChI=1S/C11H15O/c1-3-8-12-11-7-5-6-10(4-2)9-11/h4-7,9H,3,8H2,1-2H3. The molecular formula is C11H15O. The van der Waals surface area contributed by atoms with E-state index in [1.165, 1.54) is 5.56 Å². The second-order valence-electron chi connectivity index (χ2n) is 2.71. The minimum atomic E-state index is 0.799. The number of benzene rings is 1. The molecule has 0 spiro atoms. The third-order valence-electron chi connectivity index (χ3n) is 1.66. The van der Waals surface area contributed by atoms with Gasteiger partial charge in [-0.05, 0) is 30.5 Å². The highest BCUT2D eigenvalue weighted by atomic mass is 16.5. The molecule has 0 saturated heterocycles. The van der Waals surface area contributed by atoms with Gasteiger partial charge in [-0.25, -0.2) is 0 Å². The van der Waals surface area contributed by atoms with Crippen LogP contribution < -0.4 is 4.74 Å². The molecule has 0 aliphatic heterocycles. The van der Waals surface area contributed by atoms with E-state index in [0.717, 1.165) is 18.8 Å². The molecule has 1 rings (SSSR count). The van der Waals surface area contributed by atoms with Gasteiger partial charge in [-0.15, -0.1) is 0 Å². The normalized spacial score (nSPS) is 9.83. The fraction of sp³-hybridized carbons (Fsp3) is 0.364. The summed E-state index contributed by atoms with van der Waals surface area (Å²) < 4.78 is 5.48. The molecule has 65 valence electrons. The molecule has 0 heterocycles. The molecule has 0 saturated carbocycles. The van der Waals surface area contributed by atoms with Crippen LogP contribution in [0, 0.1) is 6.42 Å². The van der Waals surface area contributed by atoms with Crippen molar-refractivity contribution in [3.05, 3.63) is 36.2 Å². The molecule has 0 aromatic heterocycles. The summed E-state index contributed by atoms with van der Waals surface area (Å²) in [6.07, 6.45) is 3.12. The van der Waals surface area contributed by atoms with Crippen LogP contribution in [0.25, 0.3) is 0 Å². The van der Waals surface area contributed by atoms with Crippen LogP contribution in [0.3, 0.4) is 0 Å². The molecule has 0 bridgehead atoms. The van der Waals surface area contributed by atoms with Gasteiger partial charge in [0.25, 0.3) is 0 Å². The Morgan fingerprint density at radius 1 is 1.42 bits per heavy atom. The number of rotatable bonds is 4. The van der Waals surface area contributed by atoms with Crippen molar-refractivity contribution >= 4 is 0 Å². The Morgan fingerprint density at radius 2 is 2.25 bits per heavy atom. The predicted octanol–water partition coefficient (Wildman–Crippen LogP) is 3.05. The van der Waals surface area contributed by atoms with E-state index in [-0.39, 0.29) is 0 Å². The smallest absolute Gasteiger partial charge is 0.119 e. The van der Waals surface area contributed by atoms with Crippen LogP contribution in [0.2, 0.25) is 0 Å². The van der Waals surface area contributed by atoms with Gasteiger partial charge >= 0.3 is 0 Å². The minimum absolute atomic E-state index is 0.799. The Kier molecular flexibility index (Phi) is 3.65. The highest BCUT2D eigenvalue weighted by molar-refractivity contribution is 5.32. The Bertz CT molecular complexity index is 230. The minimum Gasteiger partial charge on any atom is -0.494 e. The predicted molar refractivity (Wildman–Crippen MR) is 51.3 cm³/mol. The van der Waals surface area contributed by atoms with E-state index < -0.39 is 0 Å². The van der Waals surface area contributed by atoms with Gasteiger partial charge in [0.05, 0.1) is 6.61 Å². The van der Waals surface area contributed by atoms with Gasteiger partial charge in [0.15, 0.2) is 0 Å². The van der Waals surface area contributed by atoms with Crippen LogP contribution in [0.4, 0.5) is 0 Å². The van der Waals surface area contributed by atoms with Gasteiger partial charge < -0.3 is 4.74 Å². The number of hydrogen-bond donors (Lipinski definition) is 0. The van der Waals surface area contributed by atoms with Crippen molar-refractivity contribution in [3.63, 3.8) is 0 Å². The maximum Gasteiger partial charge on any atom is 0.119 e. The third-order valence-corrected chi connectivity index (χ3v) is 1.66. The van der Waals surface area contributed by atoms with Crippen LogP contribution in [0.1, 0.15) is 25.8 Å². The Balaban J connectivity index is 2.60. The average Bonchev–Trinajstić information content (AvgIpc) is 2.15. The molecule has 1 nitrogen and oxygen atoms in total. The summed E-state index contributed by atoms with van der Waals surface area (Å²) in [7, 11) is 0. The monoisotopic (exact) mass is 163 g/mol. The highest BCUT2D eigenvalue weighted by Gasteiger charge is 1.93. The van der Waals surface area contributed by atoms with E-state index in [4.69, 9.17) is 4.74 Å². The van der Waals surface area contributed by atoms with Gasteiger partial charge in [0.2, 0.25) is 0 Å². The van der Waals surface area contributed by atoms with Crippen LogP contribution in [-0.2, 0) is 0 Å². The molecule has 1 heteroatoms. The van der Waals surface area contributed by atoms with E-state index in [2.05, 4.69) is 25.5 Å². The molecule has 1 radical (unpaired) electrons. The van der Waals surface area contributed by atoms with E-state index in [1.807, 2.05) is 19.1 Å². The topological polar surface area (TPSA) is 9.23 Å². The molecule has 12 heavy (non-hydrogen) atoms. The first-order valence-electron chi connectivity index (χ1n) is 4.39. The lowest BCUT2D eigenvalue weighted by molar-refractivity contribution is 0.317. The van der Waals surface area contributed by atoms with Gasteiger partial charge in [0.1, 0.15) is 5.75 Å². The average molecular weight is 163 g/mol. The van der Waals surface area contributed by atoms with Crippen molar-refractivity contribution in [3.8, 4) is 5.75 Å². The zero-order chi connectivity index (χ0) is 8.81. The zero-order valence-corrected chi connectivity index (χ0v) is 7.71. The van der Waals surface area contributed by atoms with Gasteiger partial charge in [-0.2, -0.15) is 0 Å². The second kappa shape index (κ2) is 4.81. The molecule has 0 N–H and O–H groups in total. The molecular weight excluding hydrogens is 148 g/mol. The van der Waals surface area contributed by atoms with Crippen molar-refractivity contribution < 1.29 is 4.74 Å². The molecule has 0 aliphatic rings. The lowest BCUT2D eigenvalue weighted by Gasteiger charge is -2.04. The Labute approximate surface area is 74.4 Å². The van der Waals surface area contributed by atoms with E-state index in [1.54, 1.807) is 0 Å². The lowest BCUT2D eigenvalue weighted by atomic mass is 10.2. The first-order valence-corrected chi connectivity index (χ1v) is 4.39. The summed E-state index contributed by atoms with van der Waals surface area (Å²) in [5.74, 6) is 0.965. The SMILES string of the molecule is C[CH]c1cccc(OCCC)c1. The molecule has 1 aromatic carbocycles. The molecule has 1 aromatic rings. The van der Waals surface area contributed by atoms with Crippen molar-refractivity contribution in [2.45, 2.75) is 20.3 Å². The summed E-state index contributed by atoms with van der Waals surface area (Å²) in [5.41, 5.74) is 1.21. The molecule has 0 fully saturated rings. The Morgan fingerprint density at radius 3 is 2.92 bits per heavy atom. The van der Waals surface area contributed by atoms with Crippen LogP contribution in [0.15, 0.2) is 24.3 Å². The summed E-state index contributed by atoms with van der Waals surface area (Å²) in [6.45, 7) is 4.93. The van der Waals surface area contributed by atoms with Crippen molar-refractivity contribution in [2.75, 3.05) is 6.61 Å². The van der Waals surface area contributed by atoms with E-state index in [9.17, 15) is 0 Å². The van der Waals surface area contributed by atoms with E-state index in [0.29, 0.717) is 0 Å². The maximum atomic E-state index is 5.48. The van der Waals surface area contributed by atoms with Gasteiger partial charge in [0, 0.05) is 0 Å². The quantitative estimate of drug-likeness (QED) is 0.663. The van der Waals surface area contributed by atoms with Crippen LogP contribution >= 0.6 is 0 Å². The number of ether oxygens (including phenoxy) is 1. The molecule has 0 atom stereocenters. The number of hydrogen-bond acceptors (Lipinski definition) is 1. The third kappa shape index (κ3) is 2.57. The fourth-order valence-corrected chi connectivity index (χ4v) is 1.00. The first-order chi connectivity index (χ1) is 5.86. The van der Waals surface area contributed by atoms with Crippen molar-refractivity contribution in [1.82, 2.24) is 0 Å². The van der Waals surface area contributed by atoms with E-state index >= 15 is 0 Å². The molecule has 0 aliphatic carbocycles. The van der Waals surface area contributed by atoms with Gasteiger partial charge in [-0.3, -0.25) is 0 Å². The highest BCUT2D eigenvalue weighted by Crippen LogP contribution is 2.14. The summed E-state index contributed by atoms with van der Waals surface area (Å²) in [6, 6.07) is 8.12. The maximum absolute atomic E-state index is 5.48. The van der Waals surface area contributed by atoms with Crippen molar-refractivity contribution in [2.24, 2.45) is 0 Å². The van der Waals surface area contributed by atoms with Crippen LogP contribution in [0.5, 0.6) is 5.75 Å². The molecule has 0 amide bonds. The largest absolute Gasteiger partial charge is 0.494 e. The van der Waals surface area contributed by atoms with Gasteiger partial charge in [-0.1, -0.05) is 26.0 Å². The van der Waals surface area contributed by atoms with Crippen LogP contribution in [-0.4, -0.2) is 6.61 Å². The second-order valence-corrected chi connectivity index (χ2v) is 2.71. The Hall–Kier alpha value is -0.980. The van der Waals surface area contributed by atoms with Crippen molar-refractivity contribution in [1.29, 1.82) is 0 Å². The summed E-state index contributed by atoms with van der Waals surface area (Å²) in [5, 5.41) is 0. The zero-order valence-electron chi connectivity index (χ0n) is 7.71. The molecule has 0 unspecified atom stereocenters. The summed E-state index contributed by atoms with van der Waals surface area (Å²) >= 11 is 0. The summed E-state index contributed by atoms with van der Waals surface area (Å²) in [4.78, 5) is 0.